The van der Waals surface area contributed by atoms with Crippen molar-refractivity contribution in [2.24, 2.45) is 11.8 Å². The Kier molecular flexibility index (Phi) is 4.74. The summed E-state index contributed by atoms with van der Waals surface area (Å²) in [6, 6.07) is 0.591. The van der Waals surface area contributed by atoms with Crippen LogP contribution in [0.3, 0.4) is 0 Å². The van der Waals surface area contributed by atoms with Gasteiger partial charge in [0.05, 0.1) is 13.0 Å². The number of methoxy groups -OCH3 is 1. The molecule has 17 heavy (non-hydrogen) atoms. The van der Waals surface area contributed by atoms with Crippen LogP contribution in [0.2, 0.25) is 0 Å². The molecule has 3 nitrogen and oxygen atoms in total. The normalized spacial score (nSPS) is 32.4. The average molecular weight is 257 g/mol. The van der Waals surface area contributed by atoms with Gasteiger partial charge in [0.25, 0.3) is 0 Å². The van der Waals surface area contributed by atoms with Crippen LogP contribution in [0.25, 0.3) is 0 Å². The van der Waals surface area contributed by atoms with E-state index in [-0.39, 0.29) is 11.9 Å². The highest BCUT2D eigenvalue weighted by atomic mass is 32.2. The van der Waals surface area contributed by atoms with Gasteiger partial charge in [-0.15, -0.1) is 0 Å². The van der Waals surface area contributed by atoms with Gasteiger partial charge in [-0.05, 0) is 56.7 Å². The topological polar surface area (TPSA) is 29.5 Å². The van der Waals surface area contributed by atoms with Crippen LogP contribution in [0.5, 0.6) is 0 Å². The summed E-state index contributed by atoms with van der Waals surface area (Å²) in [5, 5.41) is 0. The zero-order chi connectivity index (χ0) is 12.3. The number of piperidine rings is 1. The monoisotopic (exact) mass is 257 g/mol. The molecule has 2 saturated heterocycles. The lowest BCUT2D eigenvalue weighted by Crippen LogP contribution is -2.47. The predicted molar refractivity (Wildman–Crippen MR) is 71.2 cm³/mol. The van der Waals surface area contributed by atoms with Gasteiger partial charge in [0.1, 0.15) is 0 Å². The van der Waals surface area contributed by atoms with Gasteiger partial charge in [0, 0.05) is 6.04 Å². The average Bonchev–Trinajstić information content (AvgIpc) is 2.39. The van der Waals surface area contributed by atoms with Gasteiger partial charge in [-0.2, -0.15) is 11.8 Å². The molecular formula is C13H23NO2S. The summed E-state index contributed by atoms with van der Waals surface area (Å²) >= 11 is 2.07. The van der Waals surface area contributed by atoms with E-state index in [1.54, 1.807) is 0 Å². The van der Waals surface area contributed by atoms with Crippen molar-refractivity contribution in [3.63, 3.8) is 0 Å². The largest absolute Gasteiger partial charge is 0.469 e. The maximum atomic E-state index is 11.7. The molecule has 2 atom stereocenters. The van der Waals surface area contributed by atoms with E-state index < -0.39 is 0 Å². The second kappa shape index (κ2) is 6.10. The van der Waals surface area contributed by atoms with E-state index in [1.165, 1.54) is 31.5 Å². The van der Waals surface area contributed by atoms with Gasteiger partial charge in [-0.25, -0.2) is 0 Å². The first-order chi connectivity index (χ1) is 8.22. The summed E-state index contributed by atoms with van der Waals surface area (Å²) in [6.07, 6.45) is 4.58. The van der Waals surface area contributed by atoms with Crippen molar-refractivity contribution in [2.45, 2.75) is 31.7 Å². The van der Waals surface area contributed by atoms with Gasteiger partial charge in [0.2, 0.25) is 0 Å². The van der Waals surface area contributed by atoms with Gasteiger partial charge in [0.15, 0.2) is 0 Å². The third-order valence-corrected chi connectivity index (χ3v) is 5.32. The Morgan fingerprint density at radius 2 is 2.00 bits per heavy atom. The molecule has 2 heterocycles. The lowest BCUT2D eigenvalue weighted by atomic mass is 9.82. The second-order valence-corrected chi connectivity index (χ2v) is 6.47. The fourth-order valence-electron chi connectivity index (χ4n) is 3.15. The third kappa shape index (κ3) is 3.16. The lowest BCUT2D eigenvalue weighted by Gasteiger charge is -2.41. The number of carbonyl (C=O) groups excluding carboxylic acids is 1. The molecule has 0 saturated carbocycles. The first-order valence-corrected chi connectivity index (χ1v) is 7.73. The van der Waals surface area contributed by atoms with Crippen molar-refractivity contribution in [3.05, 3.63) is 0 Å². The summed E-state index contributed by atoms with van der Waals surface area (Å²) in [5.41, 5.74) is 0. The summed E-state index contributed by atoms with van der Waals surface area (Å²) in [7, 11) is 3.72. The Labute approximate surface area is 108 Å². The van der Waals surface area contributed by atoms with Crippen LogP contribution in [0, 0.1) is 11.8 Å². The molecule has 0 bridgehead atoms. The molecular weight excluding hydrogens is 234 g/mol. The maximum Gasteiger partial charge on any atom is 0.308 e. The molecule has 0 aromatic carbocycles. The van der Waals surface area contributed by atoms with Crippen molar-refractivity contribution in [3.8, 4) is 0 Å². The number of ether oxygens (including phenoxy) is 1. The Morgan fingerprint density at radius 3 is 2.65 bits per heavy atom. The van der Waals surface area contributed by atoms with E-state index in [4.69, 9.17) is 4.74 Å². The van der Waals surface area contributed by atoms with Crippen molar-refractivity contribution in [2.75, 3.05) is 32.2 Å². The van der Waals surface area contributed by atoms with Gasteiger partial charge in [-0.1, -0.05) is 0 Å². The predicted octanol–water partition coefficient (Wildman–Crippen LogP) is 2.01. The van der Waals surface area contributed by atoms with Gasteiger partial charge >= 0.3 is 5.97 Å². The van der Waals surface area contributed by atoms with Crippen LogP contribution in [-0.4, -0.2) is 49.1 Å². The Morgan fingerprint density at radius 1 is 1.29 bits per heavy atom. The molecule has 0 aromatic heterocycles. The van der Waals surface area contributed by atoms with E-state index in [1.807, 2.05) is 0 Å². The highest BCUT2D eigenvalue weighted by Gasteiger charge is 2.35. The molecule has 2 aliphatic heterocycles. The van der Waals surface area contributed by atoms with Crippen molar-refractivity contribution >= 4 is 17.7 Å². The molecule has 98 valence electrons. The molecule has 0 spiro atoms. The number of hydrogen-bond donors (Lipinski definition) is 0. The SMILES string of the molecule is COC(=O)C1CCN(C)C(C2CCSCC2)C1. The summed E-state index contributed by atoms with van der Waals surface area (Å²) in [4.78, 5) is 14.1. The van der Waals surface area contributed by atoms with Crippen LogP contribution >= 0.6 is 11.8 Å². The number of nitrogens with zero attached hydrogens (tertiary/aromatic N) is 1. The maximum absolute atomic E-state index is 11.7. The van der Waals surface area contributed by atoms with E-state index in [2.05, 4.69) is 23.7 Å². The Hall–Kier alpha value is -0.220. The fourth-order valence-corrected chi connectivity index (χ4v) is 4.29. The van der Waals surface area contributed by atoms with Gasteiger partial charge in [-0.3, -0.25) is 4.79 Å². The van der Waals surface area contributed by atoms with E-state index >= 15 is 0 Å². The van der Waals surface area contributed by atoms with Crippen LogP contribution < -0.4 is 0 Å². The molecule has 2 aliphatic rings. The summed E-state index contributed by atoms with van der Waals surface area (Å²) < 4.78 is 4.90. The Bertz CT molecular complexity index is 266. The van der Waals surface area contributed by atoms with Crippen molar-refractivity contribution in [1.82, 2.24) is 4.90 Å². The van der Waals surface area contributed by atoms with Crippen LogP contribution in [0.1, 0.15) is 25.7 Å². The van der Waals surface area contributed by atoms with E-state index in [9.17, 15) is 4.79 Å². The minimum atomic E-state index is -0.00622. The number of rotatable bonds is 2. The molecule has 4 heteroatoms. The number of hydrogen-bond acceptors (Lipinski definition) is 4. The highest BCUT2D eigenvalue weighted by Crippen LogP contribution is 2.34. The lowest BCUT2D eigenvalue weighted by molar-refractivity contribution is -0.148. The summed E-state index contributed by atoms with van der Waals surface area (Å²) in [6.45, 7) is 1.04. The molecule has 0 radical (unpaired) electrons. The number of thioether (sulfide) groups is 1. The molecule has 0 aromatic rings. The zero-order valence-corrected chi connectivity index (χ0v) is 11.7. The van der Waals surface area contributed by atoms with Crippen LogP contribution in [0.15, 0.2) is 0 Å². The second-order valence-electron chi connectivity index (χ2n) is 5.24. The first-order valence-electron chi connectivity index (χ1n) is 6.58. The minimum absolute atomic E-state index is 0.00622. The number of carbonyl (C=O) groups is 1. The highest BCUT2D eigenvalue weighted by molar-refractivity contribution is 7.99. The molecule has 0 N–H and O–H groups in total. The standard InChI is InChI=1S/C13H23NO2S/c1-14-6-3-11(13(15)16-2)9-12(14)10-4-7-17-8-5-10/h10-12H,3-9H2,1-2H3. The number of esters is 1. The molecule has 2 rings (SSSR count). The van der Waals surface area contributed by atoms with Crippen LogP contribution in [-0.2, 0) is 9.53 Å². The fraction of sp³-hybridized carbons (Fsp3) is 0.923. The molecule has 2 unspecified atom stereocenters. The quantitative estimate of drug-likeness (QED) is 0.708. The summed E-state index contributed by atoms with van der Waals surface area (Å²) in [5.74, 6) is 3.49. The smallest absolute Gasteiger partial charge is 0.308 e. The van der Waals surface area contributed by atoms with Gasteiger partial charge < -0.3 is 9.64 Å². The first kappa shape index (κ1) is 13.2. The third-order valence-electron chi connectivity index (χ3n) is 4.27. The van der Waals surface area contributed by atoms with E-state index in [0.29, 0.717) is 6.04 Å². The minimum Gasteiger partial charge on any atom is -0.469 e. The van der Waals surface area contributed by atoms with Crippen molar-refractivity contribution in [1.29, 1.82) is 0 Å². The molecule has 2 fully saturated rings. The van der Waals surface area contributed by atoms with E-state index in [0.717, 1.165) is 25.3 Å². The zero-order valence-electron chi connectivity index (χ0n) is 10.9. The number of likely N-dealkylation sites (tertiary alicyclic amines) is 1. The van der Waals surface area contributed by atoms with Crippen molar-refractivity contribution < 1.29 is 9.53 Å². The molecule has 0 aliphatic carbocycles. The molecule has 0 amide bonds. The van der Waals surface area contributed by atoms with Crippen LogP contribution in [0.4, 0.5) is 0 Å². The Balaban J connectivity index is 1.96.